The van der Waals surface area contributed by atoms with Crippen LogP contribution < -0.4 is 0 Å². The largest absolute Gasteiger partial charge is 0.259 e. The Kier molecular flexibility index (Phi) is 19.3. The van der Waals surface area contributed by atoms with Crippen molar-refractivity contribution < 1.29 is 8.42 Å². The summed E-state index contributed by atoms with van der Waals surface area (Å²) in [6, 6.07) is 0. The maximum atomic E-state index is 10.7. The second-order valence-electron chi connectivity index (χ2n) is 2.68. The highest BCUT2D eigenvalue weighted by Crippen LogP contribution is 2.09. The summed E-state index contributed by atoms with van der Waals surface area (Å²) in [5.41, 5.74) is 0. The second-order valence-corrected chi connectivity index (χ2v) is 9.45. The average molecular weight is 305 g/mol. The monoisotopic (exact) mass is 304 g/mol. The Hall–Kier alpha value is 1.000. The van der Waals surface area contributed by atoms with E-state index in [9.17, 15) is 8.42 Å². The summed E-state index contributed by atoms with van der Waals surface area (Å²) in [6.45, 7) is 8.06. The predicted octanol–water partition coefficient (Wildman–Crippen LogP) is 2.93. The van der Waals surface area contributed by atoms with Crippen LogP contribution in [-0.2, 0) is 21.6 Å². The van der Waals surface area contributed by atoms with Crippen LogP contribution in [0.4, 0.5) is 0 Å². The van der Waals surface area contributed by atoms with E-state index in [0.29, 0.717) is 16.6 Å². The molecule has 0 aliphatic carbocycles. The molecule has 0 aromatic rings. The molecule has 0 aliphatic heterocycles. The molecule has 0 bridgehead atoms. The fraction of sp³-hybridized carbons (Fsp3) is 1.00. The van der Waals surface area contributed by atoms with Gasteiger partial charge in [0, 0.05) is 38.2 Å². The molecule has 0 aromatic heterocycles. The van der Waals surface area contributed by atoms with Crippen LogP contribution in [0.15, 0.2) is 0 Å². The number of hydrogen-bond donors (Lipinski definition) is 0. The lowest BCUT2D eigenvalue weighted by Gasteiger charge is -1.94. The third-order valence-electron chi connectivity index (χ3n) is 1.48. The highest BCUT2D eigenvalue weighted by molar-refractivity contribution is 8.15. The summed E-state index contributed by atoms with van der Waals surface area (Å²) in [6.07, 6.45) is 0. The summed E-state index contributed by atoms with van der Waals surface area (Å²) in [7, 11) is -1.71. The summed E-state index contributed by atoms with van der Waals surface area (Å²) < 4.78 is 21.4. The Morgan fingerprint density at radius 1 is 0.812 bits per heavy atom. The van der Waals surface area contributed by atoms with Crippen LogP contribution >= 0.6 is 23.5 Å². The van der Waals surface area contributed by atoms with Gasteiger partial charge >= 0.3 is 0 Å². The molecule has 2 nitrogen and oxygen atoms in total. The molecule has 2 unspecified atom stereocenters. The van der Waals surface area contributed by atoms with Crippen molar-refractivity contribution >= 4 is 45.1 Å². The first-order valence-corrected chi connectivity index (χ1v) is 10.8. The van der Waals surface area contributed by atoms with E-state index in [1.165, 1.54) is 16.6 Å². The van der Waals surface area contributed by atoms with Crippen LogP contribution in [0.2, 0.25) is 0 Å². The molecule has 0 rings (SSSR count). The van der Waals surface area contributed by atoms with Crippen molar-refractivity contribution in [2.75, 3.05) is 33.2 Å². The third kappa shape index (κ3) is 17.4. The van der Waals surface area contributed by atoms with E-state index in [1.54, 1.807) is 0 Å². The molecule has 0 aliphatic rings. The minimum absolute atomic E-state index is 0.354. The van der Waals surface area contributed by atoms with E-state index in [2.05, 4.69) is 13.8 Å². The van der Waals surface area contributed by atoms with Gasteiger partial charge in [0.2, 0.25) is 0 Å². The van der Waals surface area contributed by atoms with E-state index < -0.39 is 21.6 Å². The zero-order valence-corrected chi connectivity index (χ0v) is 14.0. The van der Waals surface area contributed by atoms with Crippen molar-refractivity contribution in [3.05, 3.63) is 0 Å². The molecule has 0 N–H and O–H groups in total. The molecule has 0 amide bonds. The van der Waals surface area contributed by atoms with Crippen molar-refractivity contribution in [3.8, 4) is 0 Å². The van der Waals surface area contributed by atoms with E-state index in [-0.39, 0.29) is 0 Å². The second kappa shape index (κ2) is 16.0. The quantitative estimate of drug-likeness (QED) is 0.510. The minimum Gasteiger partial charge on any atom is -0.259 e. The van der Waals surface area contributed by atoms with Gasteiger partial charge in [0.05, 0.1) is 5.08 Å². The molecule has 0 radical (unpaired) electrons. The average Bonchev–Trinajstić information content (AvgIpc) is 2.30. The van der Waals surface area contributed by atoms with Crippen molar-refractivity contribution in [1.29, 1.82) is 0 Å². The fourth-order valence-corrected chi connectivity index (χ4v) is 4.85. The van der Waals surface area contributed by atoms with Crippen LogP contribution in [0.5, 0.6) is 0 Å². The molecule has 0 spiro atoms. The smallest absolute Gasteiger partial charge is 0.0991 e. The first-order chi connectivity index (χ1) is 7.62. The van der Waals surface area contributed by atoms with Crippen molar-refractivity contribution in [2.24, 2.45) is 0 Å². The Bertz CT molecular complexity index is 168. The molecule has 2 atom stereocenters. The lowest BCUT2D eigenvalue weighted by Crippen LogP contribution is -2.07. The van der Waals surface area contributed by atoms with Gasteiger partial charge in [-0.2, -0.15) is 23.5 Å². The maximum Gasteiger partial charge on any atom is 0.0991 e. The number of hydrogen-bond acceptors (Lipinski definition) is 4. The maximum absolute atomic E-state index is 10.7. The molecular weight excluding hydrogens is 280 g/mol. The molecule has 0 fully saturated rings. The molecule has 100 valence electrons. The Morgan fingerprint density at radius 2 is 1.19 bits per heavy atom. The molecule has 0 saturated heterocycles. The minimum atomic E-state index is -0.857. The van der Waals surface area contributed by atoms with Gasteiger partial charge in [0.15, 0.2) is 0 Å². The summed E-state index contributed by atoms with van der Waals surface area (Å²) in [5, 5.41) is 1.62. The van der Waals surface area contributed by atoms with Gasteiger partial charge in [-0.1, -0.05) is 27.7 Å². The summed E-state index contributed by atoms with van der Waals surface area (Å²) >= 11 is 3.99. The summed E-state index contributed by atoms with van der Waals surface area (Å²) in [4.78, 5) is 0. The van der Waals surface area contributed by atoms with Crippen molar-refractivity contribution in [1.82, 2.24) is 0 Å². The molecule has 0 aromatic carbocycles. The van der Waals surface area contributed by atoms with Crippen LogP contribution in [0.1, 0.15) is 27.7 Å². The molecule has 0 heterocycles. The normalized spacial score (nSPS) is 13.8. The first-order valence-electron chi connectivity index (χ1n) is 5.47. The van der Waals surface area contributed by atoms with Crippen molar-refractivity contribution in [3.63, 3.8) is 0 Å². The van der Waals surface area contributed by atoms with Gasteiger partial charge in [-0.25, -0.2) is 0 Å². The van der Waals surface area contributed by atoms with Gasteiger partial charge in [0.1, 0.15) is 0 Å². The molecule has 6 heteroatoms. The van der Waals surface area contributed by atoms with E-state index >= 15 is 0 Å². The first kappa shape index (κ1) is 19.3. The molecule has 16 heavy (non-hydrogen) atoms. The Morgan fingerprint density at radius 3 is 1.44 bits per heavy atom. The summed E-state index contributed by atoms with van der Waals surface area (Å²) in [5.74, 6) is 3.75. The zero-order valence-electron chi connectivity index (χ0n) is 10.7. The van der Waals surface area contributed by atoms with Crippen LogP contribution in [0.3, 0.4) is 0 Å². The van der Waals surface area contributed by atoms with E-state index in [4.69, 9.17) is 0 Å². The molecule has 0 saturated carbocycles. The lowest BCUT2D eigenvalue weighted by atomic mass is 11.0. The standard InChI is InChI=1S/C5H12O2S2.C5H12S2/c1-3-8(6)5-9(7)4-2;1-3-6-5-7-4-2/h3-5H2,1-2H3;3-5H2,1-2H3. The third-order valence-corrected chi connectivity index (χ3v) is 7.02. The van der Waals surface area contributed by atoms with Gasteiger partial charge in [-0.15, -0.1) is 0 Å². The van der Waals surface area contributed by atoms with E-state index in [1.807, 2.05) is 37.4 Å². The number of rotatable bonds is 8. The SMILES string of the molecule is CCS(=O)CS(=O)CC.CCSCSCC. The molecular formula is C10H24O2S4. The Labute approximate surface area is 114 Å². The van der Waals surface area contributed by atoms with Crippen LogP contribution in [0.25, 0.3) is 0 Å². The predicted molar refractivity (Wildman–Crippen MR) is 83.4 cm³/mol. The Balaban J connectivity index is 0. The van der Waals surface area contributed by atoms with Gasteiger partial charge < -0.3 is 0 Å². The highest BCUT2D eigenvalue weighted by atomic mass is 32.2. The van der Waals surface area contributed by atoms with Gasteiger partial charge in [0.25, 0.3) is 0 Å². The zero-order chi connectivity index (χ0) is 12.8. The van der Waals surface area contributed by atoms with Crippen LogP contribution in [0, 0.1) is 0 Å². The number of thioether (sulfide) groups is 2. The van der Waals surface area contributed by atoms with Crippen LogP contribution in [-0.4, -0.2) is 41.6 Å². The van der Waals surface area contributed by atoms with Crippen molar-refractivity contribution in [2.45, 2.75) is 27.7 Å². The highest BCUT2D eigenvalue weighted by Gasteiger charge is 1.99. The lowest BCUT2D eigenvalue weighted by molar-refractivity contribution is 0.680. The topological polar surface area (TPSA) is 34.1 Å². The van der Waals surface area contributed by atoms with E-state index in [0.717, 1.165) is 0 Å². The fourth-order valence-electron chi connectivity index (χ4n) is 0.539. The van der Waals surface area contributed by atoms with Gasteiger partial charge in [-0.05, 0) is 11.5 Å². The van der Waals surface area contributed by atoms with Gasteiger partial charge in [-0.3, -0.25) is 8.42 Å².